The molecule has 1 saturated carbocycles. The predicted octanol–water partition coefficient (Wildman–Crippen LogP) is 0.139. The maximum absolute atomic E-state index is 12.0. The smallest absolute Gasteiger partial charge is 0.229 e. The van der Waals surface area contributed by atoms with Crippen LogP contribution in [-0.4, -0.2) is 39.3 Å². The van der Waals surface area contributed by atoms with Gasteiger partial charge < -0.3 is 15.1 Å². The standard InChI is InChI=1S/C13H15NO3/c15-11-9-6-10(12(11)16)14(13(9)17)7-8-4-2-1-3-5-8/h1-5,9-12,15-16H,6-7H2/t9-,10+,11+,12-/m1/s1. The minimum atomic E-state index is -0.875. The molecule has 1 amide bonds. The lowest BCUT2D eigenvalue weighted by Crippen LogP contribution is -2.50. The van der Waals surface area contributed by atoms with Crippen LogP contribution in [0.25, 0.3) is 0 Å². The molecule has 2 fully saturated rings. The lowest BCUT2D eigenvalue weighted by molar-refractivity contribution is -0.146. The van der Waals surface area contributed by atoms with E-state index in [1.54, 1.807) is 4.90 Å². The van der Waals surface area contributed by atoms with Crippen molar-refractivity contribution in [3.8, 4) is 0 Å². The number of carbonyl (C=O) groups is 1. The summed E-state index contributed by atoms with van der Waals surface area (Å²) >= 11 is 0. The number of amides is 1. The normalized spacial score (nSPS) is 35.6. The van der Waals surface area contributed by atoms with E-state index in [1.165, 1.54) is 0 Å². The Bertz CT molecular complexity index is 434. The molecule has 0 spiro atoms. The molecular weight excluding hydrogens is 218 g/mol. The number of benzene rings is 1. The minimum absolute atomic E-state index is 0.0309. The Morgan fingerprint density at radius 2 is 1.88 bits per heavy atom. The Hall–Kier alpha value is -1.39. The molecule has 0 radical (unpaired) electrons. The van der Waals surface area contributed by atoms with E-state index in [0.717, 1.165) is 5.56 Å². The van der Waals surface area contributed by atoms with Crippen molar-refractivity contribution in [2.45, 2.75) is 31.2 Å². The molecule has 17 heavy (non-hydrogen) atoms. The Kier molecular flexibility index (Phi) is 2.42. The van der Waals surface area contributed by atoms with Crippen molar-refractivity contribution in [1.82, 2.24) is 4.90 Å². The highest BCUT2D eigenvalue weighted by molar-refractivity contribution is 5.83. The van der Waals surface area contributed by atoms with Crippen LogP contribution < -0.4 is 0 Å². The summed E-state index contributed by atoms with van der Waals surface area (Å²) in [6, 6.07) is 9.49. The number of nitrogens with zero attached hydrogens (tertiary/aromatic N) is 1. The fraction of sp³-hybridized carbons (Fsp3) is 0.462. The molecule has 0 unspecified atom stereocenters. The van der Waals surface area contributed by atoms with E-state index in [1.807, 2.05) is 30.3 Å². The first-order valence-electron chi connectivity index (χ1n) is 5.89. The molecule has 1 aliphatic carbocycles. The largest absolute Gasteiger partial charge is 0.390 e. The number of aliphatic hydroxyl groups excluding tert-OH is 2. The second-order valence-electron chi connectivity index (χ2n) is 4.84. The average Bonchev–Trinajstić information content (AvgIpc) is 2.80. The number of piperidine rings is 1. The first-order chi connectivity index (χ1) is 8.18. The molecule has 90 valence electrons. The summed E-state index contributed by atoms with van der Waals surface area (Å²) in [7, 11) is 0. The predicted molar refractivity (Wildman–Crippen MR) is 60.9 cm³/mol. The summed E-state index contributed by atoms with van der Waals surface area (Å²) in [5, 5.41) is 19.5. The lowest BCUT2D eigenvalue weighted by Gasteiger charge is -2.33. The zero-order valence-electron chi connectivity index (χ0n) is 9.36. The Morgan fingerprint density at radius 1 is 1.18 bits per heavy atom. The van der Waals surface area contributed by atoms with E-state index in [-0.39, 0.29) is 11.9 Å². The molecule has 4 heteroatoms. The third-order valence-corrected chi connectivity index (χ3v) is 3.85. The lowest BCUT2D eigenvalue weighted by atomic mass is 10.0. The number of aliphatic hydroxyl groups is 2. The number of carbonyl (C=O) groups excluding carboxylic acids is 1. The van der Waals surface area contributed by atoms with Gasteiger partial charge in [0.15, 0.2) is 0 Å². The van der Waals surface area contributed by atoms with Crippen LogP contribution >= 0.6 is 0 Å². The average molecular weight is 233 g/mol. The molecule has 4 nitrogen and oxygen atoms in total. The molecule has 2 N–H and O–H groups in total. The second-order valence-corrected chi connectivity index (χ2v) is 4.84. The Balaban J connectivity index is 1.80. The SMILES string of the molecule is O=C1[C@@H]2C[C@@H]([C@@H](O)[C@H]2O)N1Cc1ccccc1. The van der Waals surface area contributed by atoms with Gasteiger partial charge in [0.25, 0.3) is 0 Å². The maximum atomic E-state index is 12.0. The molecule has 3 rings (SSSR count). The molecule has 1 aliphatic heterocycles. The van der Waals surface area contributed by atoms with Gasteiger partial charge in [-0.3, -0.25) is 4.79 Å². The second kappa shape index (κ2) is 3.82. The van der Waals surface area contributed by atoms with Crippen LogP contribution in [0.3, 0.4) is 0 Å². The Morgan fingerprint density at radius 3 is 2.53 bits per heavy atom. The zero-order valence-corrected chi connectivity index (χ0v) is 9.36. The van der Waals surface area contributed by atoms with E-state index in [0.29, 0.717) is 13.0 Å². The van der Waals surface area contributed by atoms with Gasteiger partial charge in [-0.25, -0.2) is 0 Å². The number of fused-ring (bicyclic) bond motifs is 2. The summed E-state index contributed by atoms with van der Waals surface area (Å²) in [5.41, 5.74) is 1.05. The summed E-state index contributed by atoms with van der Waals surface area (Å²) in [6.45, 7) is 0.518. The van der Waals surface area contributed by atoms with E-state index in [4.69, 9.17) is 0 Å². The highest BCUT2D eigenvalue weighted by Gasteiger charge is 2.55. The van der Waals surface area contributed by atoms with Gasteiger partial charge in [-0.05, 0) is 12.0 Å². The van der Waals surface area contributed by atoms with E-state index < -0.39 is 18.1 Å². The van der Waals surface area contributed by atoms with Gasteiger partial charge in [0.1, 0.15) is 6.10 Å². The van der Waals surface area contributed by atoms with Crippen LogP contribution in [0.2, 0.25) is 0 Å². The van der Waals surface area contributed by atoms with Crippen LogP contribution in [0.15, 0.2) is 30.3 Å². The third kappa shape index (κ3) is 1.56. The van der Waals surface area contributed by atoms with Crippen molar-refractivity contribution in [2.24, 2.45) is 5.92 Å². The van der Waals surface area contributed by atoms with Crippen LogP contribution in [-0.2, 0) is 11.3 Å². The Labute approximate surface area is 99.5 Å². The summed E-state index contributed by atoms with van der Waals surface area (Å²) < 4.78 is 0. The van der Waals surface area contributed by atoms with Gasteiger partial charge in [0.2, 0.25) is 5.91 Å². The highest BCUT2D eigenvalue weighted by atomic mass is 16.3. The van der Waals surface area contributed by atoms with Crippen molar-refractivity contribution in [3.63, 3.8) is 0 Å². The van der Waals surface area contributed by atoms with E-state index in [9.17, 15) is 15.0 Å². The number of hydrogen-bond acceptors (Lipinski definition) is 3. The fourth-order valence-electron chi connectivity index (χ4n) is 2.91. The van der Waals surface area contributed by atoms with E-state index >= 15 is 0 Å². The molecule has 2 bridgehead atoms. The zero-order chi connectivity index (χ0) is 12.0. The molecule has 1 saturated heterocycles. The first-order valence-corrected chi connectivity index (χ1v) is 5.89. The van der Waals surface area contributed by atoms with Gasteiger partial charge in [-0.2, -0.15) is 0 Å². The molecule has 1 aromatic carbocycles. The molecule has 0 aromatic heterocycles. The van der Waals surface area contributed by atoms with E-state index in [2.05, 4.69) is 0 Å². The maximum Gasteiger partial charge on any atom is 0.229 e. The van der Waals surface area contributed by atoms with Crippen LogP contribution in [0, 0.1) is 5.92 Å². The van der Waals surface area contributed by atoms with Gasteiger partial charge >= 0.3 is 0 Å². The minimum Gasteiger partial charge on any atom is -0.390 e. The summed E-state index contributed by atoms with van der Waals surface area (Å²) in [6.07, 6.45) is -1.09. The van der Waals surface area contributed by atoms with Crippen LogP contribution in [0.4, 0.5) is 0 Å². The number of likely N-dealkylation sites (tertiary alicyclic amines) is 1. The molecule has 2 aliphatic rings. The highest BCUT2D eigenvalue weighted by Crippen LogP contribution is 2.39. The van der Waals surface area contributed by atoms with Crippen molar-refractivity contribution in [2.75, 3.05) is 0 Å². The molecular formula is C13H15NO3. The van der Waals surface area contributed by atoms with Crippen molar-refractivity contribution >= 4 is 5.91 Å². The quantitative estimate of drug-likeness (QED) is 0.764. The summed E-state index contributed by atoms with van der Waals surface area (Å²) in [5.74, 6) is -0.435. The summed E-state index contributed by atoms with van der Waals surface area (Å²) in [4.78, 5) is 13.7. The van der Waals surface area contributed by atoms with Gasteiger partial charge in [0.05, 0.1) is 18.1 Å². The van der Waals surface area contributed by atoms with Crippen molar-refractivity contribution in [3.05, 3.63) is 35.9 Å². The molecule has 4 atom stereocenters. The van der Waals surface area contributed by atoms with Crippen molar-refractivity contribution < 1.29 is 15.0 Å². The number of hydrogen-bond donors (Lipinski definition) is 2. The molecule has 1 heterocycles. The topological polar surface area (TPSA) is 60.8 Å². The van der Waals surface area contributed by atoms with Gasteiger partial charge in [0, 0.05) is 6.54 Å². The third-order valence-electron chi connectivity index (χ3n) is 3.85. The number of rotatable bonds is 2. The van der Waals surface area contributed by atoms with Crippen molar-refractivity contribution in [1.29, 1.82) is 0 Å². The van der Waals surface area contributed by atoms with Crippen LogP contribution in [0.1, 0.15) is 12.0 Å². The van der Waals surface area contributed by atoms with Gasteiger partial charge in [-0.15, -0.1) is 0 Å². The fourth-order valence-corrected chi connectivity index (χ4v) is 2.91. The van der Waals surface area contributed by atoms with Gasteiger partial charge in [-0.1, -0.05) is 30.3 Å². The molecule has 1 aromatic rings. The van der Waals surface area contributed by atoms with Crippen LogP contribution in [0.5, 0.6) is 0 Å². The first kappa shape index (κ1) is 10.7. The monoisotopic (exact) mass is 233 g/mol.